The number of nitrogens with one attached hydrogen (secondary N) is 1. The quantitative estimate of drug-likeness (QED) is 0.667. The average molecular weight is 285 g/mol. The van der Waals surface area contributed by atoms with Crippen molar-refractivity contribution in [1.82, 2.24) is 4.98 Å². The van der Waals surface area contributed by atoms with Crippen LogP contribution in [0.1, 0.15) is 12.1 Å². The lowest BCUT2D eigenvalue weighted by atomic mass is 10.2. The summed E-state index contributed by atoms with van der Waals surface area (Å²) < 4.78 is 0.756. The number of hydrogen-bond acceptors (Lipinski definition) is 3. The van der Waals surface area contributed by atoms with Gasteiger partial charge in [-0.1, -0.05) is 54.3 Å². The molecule has 2 aromatic rings. The Morgan fingerprint density at radius 2 is 1.95 bits per heavy atom. The molecule has 1 saturated heterocycles. The normalized spacial score (nSPS) is 17.4. The number of carbonyl (C=O) groups excluding carboxylic acids is 1. The van der Waals surface area contributed by atoms with Crippen molar-refractivity contribution in [2.45, 2.75) is 6.42 Å². The minimum Gasteiger partial charge on any atom is -0.355 e. The van der Waals surface area contributed by atoms with E-state index in [1.165, 1.54) is 11.8 Å². The van der Waals surface area contributed by atoms with Gasteiger partial charge in [-0.2, -0.15) is 0 Å². The summed E-state index contributed by atoms with van der Waals surface area (Å²) in [7, 11) is 0. The van der Waals surface area contributed by atoms with Crippen molar-refractivity contribution in [3.63, 3.8) is 0 Å². The molecule has 0 unspecified atom stereocenters. The van der Waals surface area contributed by atoms with Gasteiger partial charge in [0.15, 0.2) is 5.78 Å². The van der Waals surface area contributed by atoms with Gasteiger partial charge < -0.3 is 4.98 Å². The molecule has 2 heterocycles. The lowest BCUT2D eigenvalue weighted by molar-refractivity contribution is -0.113. The Balaban J connectivity index is 1.89. The zero-order chi connectivity index (χ0) is 13.2. The fourth-order valence-electron chi connectivity index (χ4n) is 1.97. The highest BCUT2D eigenvalue weighted by molar-refractivity contribution is 8.27. The number of aromatic nitrogens is 1. The van der Waals surface area contributed by atoms with Crippen LogP contribution in [0.5, 0.6) is 0 Å². The van der Waals surface area contributed by atoms with Crippen molar-refractivity contribution in [1.29, 1.82) is 0 Å². The van der Waals surface area contributed by atoms with Gasteiger partial charge in [0.2, 0.25) is 0 Å². The molecule has 0 spiro atoms. The molecule has 19 heavy (non-hydrogen) atoms. The first-order valence-electron chi connectivity index (χ1n) is 5.92. The van der Waals surface area contributed by atoms with Gasteiger partial charge in [-0.3, -0.25) is 4.79 Å². The van der Waals surface area contributed by atoms with E-state index in [1.807, 2.05) is 48.5 Å². The van der Waals surface area contributed by atoms with Crippen LogP contribution in [0.15, 0.2) is 47.4 Å². The number of allylic oxidation sites excluding steroid dienone is 1. The maximum Gasteiger partial charge on any atom is 0.175 e. The third-order valence-corrected chi connectivity index (χ3v) is 4.22. The van der Waals surface area contributed by atoms with Crippen LogP contribution >= 0.6 is 24.0 Å². The van der Waals surface area contributed by atoms with Gasteiger partial charge in [0.05, 0.1) is 15.5 Å². The summed E-state index contributed by atoms with van der Waals surface area (Å²) in [4.78, 5) is 15.7. The Morgan fingerprint density at radius 3 is 2.63 bits per heavy atom. The lowest BCUT2D eigenvalue weighted by Crippen LogP contribution is -1.91. The second-order valence-electron chi connectivity index (χ2n) is 4.28. The summed E-state index contributed by atoms with van der Waals surface area (Å²) in [6.45, 7) is 0. The van der Waals surface area contributed by atoms with Crippen molar-refractivity contribution >= 4 is 40.0 Å². The maximum absolute atomic E-state index is 11.7. The van der Waals surface area contributed by atoms with Crippen LogP contribution in [-0.2, 0) is 4.79 Å². The Bertz CT molecular complexity index is 670. The first kappa shape index (κ1) is 12.4. The number of H-pyrrole nitrogens is 1. The topological polar surface area (TPSA) is 32.9 Å². The molecule has 1 aliphatic rings. The molecular formula is C15H11NOS2. The summed E-state index contributed by atoms with van der Waals surface area (Å²) in [5.41, 5.74) is 3.11. The molecule has 0 bridgehead atoms. The predicted molar refractivity (Wildman–Crippen MR) is 84.0 cm³/mol. The number of thioether (sulfide) groups is 1. The molecule has 1 N–H and O–H groups in total. The van der Waals surface area contributed by atoms with E-state index in [0.29, 0.717) is 6.42 Å². The molecular weight excluding hydrogens is 274 g/mol. The molecule has 4 heteroatoms. The number of carbonyl (C=O) groups is 1. The molecule has 0 atom stereocenters. The van der Waals surface area contributed by atoms with E-state index in [9.17, 15) is 4.79 Å². The van der Waals surface area contributed by atoms with E-state index in [4.69, 9.17) is 12.2 Å². The van der Waals surface area contributed by atoms with Crippen LogP contribution in [-0.4, -0.2) is 15.0 Å². The standard InChI is InChI=1S/C15H11NOS2/c17-13-9-15(18)19-14(13)8-11-6-7-12(16-11)10-4-2-1-3-5-10/h1-8,16H,9H2/b14-8-. The highest BCUT2D eigenvalue weighted by atomic mass is 32.2. The predicted octanol–water partition coefficient (Wildman–Crippen LogP) is 4.06. The first-order chi connectivity index (χ1) is 9.22. The maximum atomic E-state index is 11.7. The number of ketones is 1. The Hall–Kier alpha value is -1.65. The largest absolute Gasteiger partial charge is 0.355 e. The lowest BCUT2D eigenvalue weighted by Gasteiger charge is -1.96. The summed E-state index contributed by atoms with van der Waals surface area (Å²) in [5, 5.41) is 0. The van der Waals surface area contributed by atoms with Crippen molar-refractivity contribution in [2.75, 3.05) is 0 Å². The van der Waals surface area contributed by atoms with Crippen LogP contribution in [0.4, 0.5) is 0 Å². The molecule has 94 valence electrons. The van der Waals surface area contributed by atoms with Gasteiger partial charge in [0.1, 0.15) is 0 Å². The minimum atomic E-state index is 0.117. The van der Waals surface area contributed by atoms with E-state index in [-0.39, 0.29) is 5.78 Å². The van der Waals surface area contributed by atoms with Gasteiger partial charge in [-0.25, -0.2) is 0 Å². The number of aromatic amines is 1. The number of Topliss-reactive ketones (excluding diaryl/α,β-unsaturated/α-hetero) is 1. The Morgan fingerprint density at radius 1 is 1.16 bits per heavy atom. The van der Waals surface area contributed by atoms with Gasteiger partial charge in [-0.15, -0.1) is 0 Å². The number of thiocarbonyl (C=S) groups is 1. The van der Waals surface area contributed by atoms with Gasteiger partial charge in [0.25, 0.3) is 0 Å². The number of benzene rings is 1. The summed E-state index contributed by atoms with van der Waals surface area (Å²) in [5.74, 6) is 0.117. The van der Waals surface area contributed by atoms with E-state index >= 15 is 0 Å². The summed E-state index contributed by atoms with van der Waals surface area (Å²) >= 11 is 6.46. The van der Waals surface area contributed by atoms with Gasteiger partial charge >= 0.3 is 0 Å². The van der Waals surface area contributed by atoms with Crippen molar-refractivity contribution in [3.05, 3.63) is 53.1 Å². The van der Waals surface area contributed by atoms with E-state index in [2.05, 4.69) is 4.98 Å². The van der Waals surface area contributed by atoms with Crippen molar-refractivity contribution < 1.29 is 4.79 Å². The molecule has 0 amide bonds. The molecule has 0 aliphatic carbocycles. The smallest absolute Gasteiger partial charge is 0.175 e. The molecule has 1 aliphatic heterocycles. The molecule has 2 nitrogen and oxygen atoms in total. The Labute approximate surface area is 120 Å². The fourth-order valence-corrected chi connectivity index (χ4v) is 3.19. The summed E-state index contributed by atoms with van der Waals surface area (Å²) in [6.07, 6.45) is 2.26. The highest BCUT2D eigenvalue weighted by Gasteiger charge is 2.22. The van der Waals surface area contributed by atoms with Gasteiger partial charge in [-0.05, 0) is 23.8 Å². The molecule has 1 fully saturated rings. The zero-order valence-corrected chi connectivity index (χ0v) is 11.7. The number of rotatable bonds is 2. The first-order valence-corrected chi connectivity index (χ1v) is 7.15. The second kappa shape index (κ2) is 5.15. The second-order valence-corrected chi connectivity index (χ2v) is 6.16. The average Bonchev–Trinajstić information content (AvgIpc) is 2.99. The summed E-state index contributed by atoms with van der Waals surface area (Å²) in [6, 6.07) is 14.1. The molecule has 1 aromatic carbocycles. The van der Waals surface area contributed by atoms with E-state index in [0.717, 1.165) is 26.1 Å². The molecule has 0 radical (unpaired) electrons. The fraction of sp³-hybridized carbons (Fsp3) is 0.0667. The zero-order valence-electron chi connectivity index (χ0n) is 10.1. The van der Waals surface area contributed by atoms with Crippen LogP contribution in [0.25, 0.3) is 17.3 Å². The van der Waals surface area contributed by atoms with Crippen LogP contribution in [0.3, 0.4) is 0 Å². The third kappa shape index (κ3) is 2.69. The van der Waals surface area contributed by atoms with Crippen LogP contribution in [0, 0.1) is 0 Å². The van der Waals surface area contributed by atoms with E-state index < -0.39 is 0 Å². The third-order valence-electron chi connectivity index (χ3n) is 2.88. The van der Waals surface area contributed by atoms with Gasteiger partial charge in [0, 0.05) is 11.4 Å². The molecule has 0 saturated carbocycles. The van der Waals surface area contributed by atoms with Crippen molar-refractivity contribution in [3.8, 4) is 11.3 Å². The monoisotopic (exact) mass is 285 g/mol. The highest BCUT2D eigenvalue weighted by Crippen LogP contribution is 2.32. The molecule has 3 rings (SSSR count). The van der Waals surface area contributed by atoms with Crippen LogP contribution < -0.4 is 0 Å². The Kier molecular flexibility index (Phi) is 3.36. The van der Waals surface area contributed by atoms with E-state index in [1.54, 1.807) is 0 Å². The number of hydrogen-bond donors (Lipinski definition) is 1. The molecule has 1 aromatic heterocycles. The van der Waals surface area contributed by atoms with Crippen molar-refractivity contribution in [2.24, 2.45) is 0 Å². The SMILES string of the molecule is O=C1CC(=S)S/C1=C\c1ccc(-c2ccccc2)[nH]1. The van der Waals surface area contributed by atoms with Crippen LogP contribution in [0.2, 0.25) is 0 Å². The minimum absolute atomic E-state index is 0.117.